The van der Waals surface area contributed by atoms with Crippen molar-refractivity contribution in [2.75, 3.05) is 18.4 Å². The van der Waals surface area contributed by atoms with Gasteiger partial charge in [0, 0.05) is 30.8 Å². The van der Waals surface area contributed by atoms with Gasteiger partial charge in [0.15, 0.2) is 0 Å². The van der Waals surface area contributed by atoms with Crippen molar-refractivity contribution < 1.29 is 19.5 Å². The van der Waals surface area contributed by atoms with E-state index in [0.29, 0.717) is 50.0 Å². The quantitative estimate of drug-likeness (QED) is 0.785. The average Bonchev–Trinajstić information content (AvgIpc) is 2.60. The predicted octanol–water partition coefficient (Wildman–Crippen LogP) is 2.53. The number of likely N-dealkylation sites (tertiary alicyclic amines) is 1. The van der Waals surface area contributed by atoms with Crippen molar-refractivity contribution in [1.82, 2.24) is 4.90 Å². The molecule has 6 nitrogen and oxygen atoms in total. The van der Waals surface area contributed by atoms with E-state index in [1.54, 1.807) is 35.2 Å². The Labute approximate surface area is 141 Å². The Hall–Kier alpha value is -2.63. The third-order valence-corrected chi connectivity index (χ3v) is 4.12. The van der Waals surface area contributed by atoms with Gasteiger partial charge in [-0.3, -0.25) is 14.4 Å². The van der Waals surface area contributed by atoms with E-state index in [-0.39, 0.29) is 17.7 Å². The number of nitrogens with zero attached hydrogens (tertiary/aromatic N) is 1. The summed E-state index contributed by atoms with van der Waals surface area (Å²) < 4.78 is 0. The van der Waals surface area contributed by atoms with Gasteiger partial charge in [-0.15, -0.1) is 6.58 Å². The molecule has 0 aliphatic carbocycles. The van der Waals surface area contributed by atoms with Crippen molar-refractivity contribution in [2.24, 2.45) is 5.92 Å². The van der Waals surface area contributed by atoms with Gasteiger partial charge in [-0.1, -0.05) is 6.08 Å². The lowest BCUT2D eigenvalue weighted by molar-refractivity contribution is -0.143. The molecule has 6 heteroatoms. The van der Waals surface area contributed by atoms with Crippen LogP contribution in [0, 0.1) is 5.92 Å². The standard InChI is InChI=1S/C18H22N2O4/c1-2-3-4-16(21)19-15-7-5-13(6-8-15)17(22)20-11-9-14(10-12-20)18(23)24/h2,5-8,14H,1,3-4,9-12H2,(H,19,21)(H,23,24). The molecule has 0 radical (unpaired) electrons. The lowest BCUT2D eigenvalue weighted by Gasteiger charge is -2.30. The van der Waals surface area contributed by atoms with E-state index in [4.69, 9.17) is 5.11 Å². The van der Waals surface area contributed by atoms with Crippen LogP contribution >= 0.6 is 0 Å². The number of hydrogen-bond acceptors (Lipinski definition) is 3. The third-order valence-electron chi connectivity index (χ3n) is 4.12. The van der Waals surface area contributed by atoms with Crippen LogP contribution in [0.4, 0.5) is 5.69 Å². The van der Waals surface area contributed by atoms with Gasteiger partial charge >= 0.3 is 5.97 Å². The average molecular weight is 330 g/mol. The molecule has 1 fully saturated rings. The molecule has 128 valence electrons. The van der Waals surface area contributed by atoms with Crippen LogP contribution in [0.15, 0.2) is 36.9 Å². The van der Waals surface area contributed by atoms with Crippen molar-refractivity contribution in [3.05, 3.63) is 42.5 Å². The number of carboxylic acid groups (broad SMARTS) is 1. The molecule has 1 aliphatic heterocycles. The summed E-state index contributed by atoms with van der Waals surface area (Å²) in [6, 6.07) is 6.75. The molecular weight excluding hydrogens is 308 g/mol. The fraction of sp³-hybridized carbons (Fsp3) is 0.389. The number of hydrogen-bond donors (Lipinski definition) is 2. The van der Waals surface area contributed by atoms with Crippen LogP contribution in [0.5, 0.6) is 0 Å². The number of amides is 2. The normalized spacial score (nSPS) is 14.9. The molecule has 1 aromatic rings. The van der Waals surface area contributed by atoms with Crippen LogP contribution in [0.1, 0.15) is 36.0 Å². The summed E-state index contributed by atoms with van der Waals surface area (Å²) in [5.41, 5.74) is 1.18. The highest BCUT2D eigenvalue weighted by molar-refractivity contribution is 5.96. The monoisotopic (exact) mass is 330 g/mol. The Morgan fingerprint density at radius 1 is 1.21 bits per heavy atom. The SMILES string of the molecule is C=CCCC(=O)Nc1ccc(C(=O)N2CCC(C(=O)O)CC2)cc1. The van der Waals surface area contributed by atoms with Gasteiger partial charge < -0.3 is 15.3 Å². The van der Waals surface area contributed by atoms with E-state index < -0.39 is 5.97 Å². The van der Waals surface area contributed by atoms with Crippen LogP contribution in [0.3, 0.4) is 0 Å². The molecule has 0 unspecified atom stereocenters. The second kappa shape index (κ2) is 8.29. The highest BCUT2D eigenvalue weighted by Crippen LogP contribution is 2.20. The summed E-state index contributed by atoms with van der Waals surface area (Å²) in [5, 5.41) is 11.8. The van der Waals surface area contributed by atoms with Gasteiger partial charge in [0.1, 0.15) is 0 Å². The Balaban J connectivity index is 1.91. The molecule has 2 N–H and O–H groups in total. The first kappa shape index (κ1) is 17.7. The van der Waals surface area contributed by atoms with E-state index in [1.807, 2.05) is 0 Å². The summed E-state index contributed by atoms with van der Waals surface area (Å²) in [4.78, 5) is 36.7. The van der Waals surface area contributed by atoms with E-state index >= 15 is 0 Å². The van der Waals surface area contributed by atoms with E-state index in [9.17, 15) is 14.4 Å². The first-order chi connectivity index (χ1) is 11.5. The lowest BCUT2D eigenvalue weighted by atomic mass is 9.96. The number of allylic oxidation sites excluding steroid dienone is 1. The minimum absolute atomic E-state index is 0.0929. The zero-order valence-corrected chi connectivity index (χ0v) is 13.5. The van der Waals surface area contributed by atoms with Crippen LogP contribution in [0.25, 0.3) is 0 Å². The van der Waals surface area contributed by atoms with Gasteiger partial charge in [0.05, 0.1) is 5.92 Å². The summed E-state index contributed by atoms with van der Waals surface area (Å²) in [6.07, 6.45) is 3.66. The van der Waals surface area contributed by atoms with Crippen LogP contribution in [-0.2, 0) is 9.59 Å². The Kier molecular flexibility index (Phi) is 6.12. The first-order valence-corrected chi connectivity index (χ1v) is 8.04. The van der Waals surface area contributed by atoms with Gasteiger partial charge in [-0.2, -0.15) is 0 Å². The van der Waals surface area contributed by atoms with Gasteiger partial charge in [-0.25, -0.2) is 0 Å². The zero-order valence-electron chi connectivity index (χ0n) is 13.5. The number of anilines is 1. The summed E-state index contributed by atoms with van der Waals surface area (Å²) in [7, 11) is 0. The molecule has 0 atom stereocenters. The fourth-order valence-corrected chi connectivity index (χ4v) is 2.66. The number of carbonyl (C=O) groups excluding carboxylic acids is 2. The molecule has 1 saturated heterocycles. The van der Waals surface area contributed by atoms with Gasteiger partial charge in [0.25, 0.3) is 5.91 Å². The summed E-state index contributed by atoms with van der Waals surface area (Å²) in [5.74, 6) is -1.35. The van der Waals surface area contributed by atoms with Crippen LogP contribution < -0.4 is 5.32 Å². The van der Waals surface area contributed by atoms with Crippen molar-refractivity contribution in [2.45, 2.75) is 25.7 Å². The maximum atomic E-state index is 12.4. The molecule has 0 spiro atoms. The molecule has 0 bridgehead atoms. The molecule has 1 aromatic carbocycles. The molecule has 2 rings (SSSR count). The molecule has 1 aliphatic rings. The predicted molar refractivity (Wildman–Crippen MR) is 90.8 cm³/mol. The van der Waals surface area contributed by atoms with E-state index in [0.717, 1.165) is 0 Å². The Bertz CT molecular complexity index is 616. The summed E-state index contributed by atoms with van der Waals surface area (Å²) in [6.45, 7) is 4.48. The Morgan fingerprint density at radius 3 is 2.38 bits per heavy atom. The van der Waals surface area contributed by atoms with Crippen LogP contribution in [-0.4, -0.2) is 40.9 Å². The number of piperidine rings is 1. The van der Waals surface area contributed by atoms with Gasteiger partial charge in [0.2, 0.25) is 5.91 Å². The minimum Gasteiger partial charge on any atom is -0.481 e. The molecule has 24 heavy (non-hydrogen) atoms. The van der Waals surface area contributed by atoms with E-state index in [1.165, 1.54) is 0 Å². The number of rotatable bonds is 6. The van der Waals surface area contributed by atoms with Crippen molar-refractivity contribution in [3.63, 3.8) is 0 Å². The second-order valence-electron chi connectivity index (χ2n) is 5.86. The number of aliphatic carboxylic acids is 1. The minimum atomic E-state index is -0.793. The number of nitrogens with one attached hydrogen (secondary N) is 1. The van der Waals surface area contributed by atoms with Gasteiger partial charge in [-0.05, 0) is 43.5 Å². The molecule has 1 heterocycles. The molecular formula is C18H22N2O4. The zero-order chi connectivity index (χ0) is 17.5. The fourth-order valence-electron chi connectivity index (χ4n) is 2.66. The topological polar surface area (TPSA) is 86.7 Å². The van der Waals surface area contributed by atoms with Crippen LogP contribution in [0.2, 0.25) is 0 Å². The smallest absolute Gasteiger partial charge is 0.306 e. The molecule has 2 amide bonds. The maximum absolute atomic E-state index is 12.4. The highest BCUT2D eigenvalue weighted by Gasteiger charge is 2.27. The Morgan fingerprint density at radius 2 is 1.83 bits per heavy atom. The number of carbonyl (C=O) groups is 3. The number of benzene rings is 1. The lowest BCUT2D eigenvalue weighted by Crippen LogP contribution is -2.40. The third kappa shape index (κ3) is 4.68. The first-order valence-electron chi connectivity index (χ1n) is 8.04. The molecule has 0 aromatic heterocycles. The van der Waals surface area contributed by atoms with Crippen molar-refractivity contribution in [1.29, 1.82) is 0 Å². The number of carboxylic acids is 1. The second-order valence-corrected chi connectivity index (χ2v) is 5.86. The largest absolute Gasteiger partial charge is 0.481 e. The molecule has 0 saturated carbocycles. The highest BCUT2D eigenvalue weighted by atomic mass is 16.4. The summed E-state index contributed by atoms with van der Waals surface area (Å²) >= 11 is 0. The van der Waals surface area contributed by atoms with Crippen molar-refractivity contribution in [3.8, 4) is 0 Å². The van der Waals surface area contributed by atoms with E-state index in [2.05, 4.69) is 11.9 Å². The maximum Gasteiger partial charge on any atom is 0.306 e. The van der Waals surface area contributed by atoms with Crippen molar-refractivity contribution >= 4 is 23.5 Å².